The third kappa shape index (κ3) is 2.97. The van der Waals surface area contributed by atoms with Gasteiger partial charge >= 0.3 is 0 Å². The van der Waals surface area contributed by atoms with Crippen molar-refractivity contribution in [2.24, 2.45) is 0 Å². The molecule has 1 aromatic heterocycles. The first-order chi connectivity index (χ1) is 10.6. The van der Waals surface area contributed by atoms with Gasteiger partial charge in [-0.3, -0.25) is 0 Å². The predicted octanol–water partition coefficient (Wildman–Crippen LogP) is 2.60. The largest absolute Gasteiger partial charge is 0.486 e. The van der Waals surface area contributed by atoms with Crippen LogP contribution in [0.15, 0.2) is 46.0 Å². The summed E-state index contributed by atoms with van der Waals surface area (Å²) >= 11 is 1.22. The summed E-state index contributed by atoms with van der Waals surface area (Å²) in [6.07, 6.45) is -0.315. The van der Waals surface area contributed by atoms with E-state index in [1.54, 1.807) is 17.5 Å². The van der Waals surface area contributed by atoms with Gasteiger partial charge in [0.2, 0.25) is 0 Å². The molecular weight excluding hydrogens is 322 g/mol. The Bertz CT molecular complexity index is 728. The van der Waals surface area contributed by atoms with Crippen molar-refractivity contribution in [1.29, 1.82) is 0 Å². The lowest BCUT2D eigenvalue weighted by Crippen LogP contribution is -2.43. The van der Waals surface area contributed by atoms with Gasteiger partial charge in [-0.2, -0.15) is 4.31 Å². The van der Waals surface area contributed by atoms with Crippen LogP contribution >= 0.6 is 11.3 Å². The molecule has 0 saturated heterocycles. The fourth-order valence-electron chi connectivity index (χ4n) is 2.31. The number of hydrogen-bond donors (Lipinski definition) is 0. The molecule has 22 heavy (non-hydrogen) atoms. The molecule has 1 aromatic carbocycles. The number of nitrogens with zero attached hydrogens (tertiary/aromatic N) is 1. The topological polar surface area (TPSA) is 55.8 Å². The second kappa shape index (κ2) is 6.28. The van der Waals surface area contributed by atoms with E-state index in [0.717, 1.165) is 0 Å². The van der Waals surface area contributed by atoms with Gasteiger partial charge in [0.25, 0.3) is 10.0 Å². The summed E-state index contributed by atoms with van der Waals surface area (Å²) in [5, 5.41) is 1.76. The van der Waals surface area contributed by atoms with Crippen molar-refractivity contribution in [2.45, 2.75) is 17.2 Å². The third-order valence-electron chi connectivity index (χ3n) is 3.42. The van der Waals surface area contributed by atoms with Crippen LogP contribution in [0.25, 0.3) is 0 Å². The van der Waals surface area contributed by atoms with Gasteiger partial charge in [0.05, 0.1) is 6.54 Å². The number of fused-ring (bicyclic) bond motifs is 1. The Labute approximate surface area is 134 Å². The fourth-order valence-corrected chi connectivity index (χ4v) is 4.94. The fraction of sp³-hybridized carbons (Fsp3) is 0.333. The van der Waals surface area contributed by atoms with E-state index in [4.69, 9.17) is 9.47 Å². The van der Waals surface area contributed by atoms with E-state index >= 15 is 0 Å². The SMILES string of the molecule is CCN(C[C@@H]1COc2ccccc2O1)S(=O)(=O)c1cccs1. The first-order valence-corrected chi connectivity index (χ1v) is 9.35. The molecule has 118 valence electrons. The van der Waals surface area contributed by atoms with Crippen LogP contribution in [0.3, 0.4) is 0 Å². The normalized spacial score (nSPS) is 17.6. The highest BCUT2D eigenvalue weighted by Gasteiger charge is 2.30. The summed E-state index contributed by atoms with van der Waals surface area (Å²) in [4.78, 5) is 0. The van der Waals surface area contributed by atoms with Gasteiger partial charge in [-0.25, -0.2) is 8.42 Å². The molecule has 7 heteroatoms. The zero-order valence-electron chi connectivity index (χ0n) is 12.1. The molecule has 1 aliphatic rings. The van der Waals surface area contributed by atoms with Crippen LogP contribution in [0.1, 0.15) is 6.92 Å². The smallest absolute Gasteiger partial charge is 0.252 e. The van der Waals surface area contributed by atoms with E-state index in [1.807, 2.05) is 31.2 Å². The van der Waals surface area contributed by atoms with Gasteiger partial charge in [-0.05, 0) is 23.6 Å². The highest BCUT2D eigenvalue weighted by molar-refractivity contribution is 7.91. The Morgan fingerprint density at radius 1 is 1.23 bits per heavy atom. The summed E-state index contributed by atoms with van der Waals surface area (Å²) in [7, 11) is -3.47. The molecule has 1 atom stereocenters. The monoisotopic (exact) mass is 339 g/mol. The zero-order valence-corrected chi connectivity index (χ0v) is 13.8. The van der Waals surface area contributed by atoms with Gasteiger partial charge in [-0.15, -0.1) is 11.3 Å². The number of likely N-dealkylation sites (N-methyl/N-ethyl adjacent to an activating group) is 1. The molecule has 0 unspecified atom stereocenters. The molecule has 2 aromatic rings. The molecule has 5 nitrogen and oxygen atoms in total. The first-order valence-electron chi connectivity index (χ1n) is 7.03. The number of para-hydroxylation sites is 2. The average molecular weight is 339 g/mol. The minimum absolute atomic E-state index is 0.269. The molecule has 0 spiro atoms. The van der Waals surface area contributed by atoms with Crippen molar-refractivity contribution in [3.63, 3.8) is 0 Å². The molecule has 0 amide bonds. The second-order valence-corrected chi connectivity index (χ2v) is 8.00. The van der Waals surface area contributed by atoms with E-state index in [0.29, 0.717) is 28.9 Å². The van der Waals surface area contributed by atoms with Crippen LogP contribution in [0.4, 0.5) is 0 Å². The Morgan fingerprint density at radius 3 is 2.68 bits per heavy atom. The number of rotatable bonds is 5. The maximum Gasteiger partial charge on any atom is 0.252 e. The summed E-state index contributed by atoms with van der Waals surface area (Å²) in [5.74, 6) is 1.35. The maximum absolute atomic E-state index is 12.6. The maximum atomic E-state index is 12.6. The van der Waals surface area contributed by atoms with Crippen molar-refractivity contribution in [3.05, 3.63) is 41.8 Å². The number of sulfonamides is 1. The molecule has 0 fully saturated rings. The Hall–Kier alpha value is -1.57. The van der Waals surface area contributed by atoms with Crippen molar-refractivity contribution in [2.75, 3.05) is 19.7 Å². The van der Waals surface area contributed by atoms with E-state index in [1.165, 1.54) is 15.6 Å². The Balaban J connectivity index is 1.75. The van der Waals surface area contributed by atoms with Crippen molar-refractivity contribution in [3.8, 4) is 11.5 Å². The van der Waals surface area contributed by atoms with Gasteiger partial charge in [0.1, 0.15) is 16.9 Å². The highest BCUT2D eigenvalue weighted by atomic mass is 32.2. The van der Waals surface area contributed by atoms with Crippen LogP contribution in [-0.2, 0) is 10.0 Å². The molecule has 0 radical (unpaired) electrons. The van der Waals surface area contributed by atoms with Crippen LogP contribution < -0.4 is 9.47 Å². The Morgan fingerprint density at radius 2 is 2.00 bits per heavy atom. The van der Waals surface area contributed by atoms with Gasteiger partial charge in [0, 0.05) is 6.54 Å². The molecule has 2 heterocycles. The highest BCUT2D eigenvalue weighted by Crippen LogP contribution is 2.31. The van der Waals surface area contributed by atoms with E-state index in [9.17, 15) is 8.42 Å². The first kappa shape index (κ1) is 15.3. The van der Waals surface area contributed by atoms with E-state index in [2.05, 4.69) is 0 Å². The van der Waals surface area contributed by atoms with Crippen molar-refractivity contribution in [1.82, 2.24) is 4.31 Å². The summed E-state index contributed by atoms with van der Waals surface area (Å²) in [6.45, 7) is 2.82. The van der Waals surface area contributed by atoms with Crippen LogP contribution in [-0.4, -0.2) is 38.5 Å². The lowest BCUT2D eigenvalue weighted by atomic mass is 10.2. The van der Waals surface area contributed by atoms with Gasteiger partial charge in [-0.1, -0.05) is 25.1 Å². The molecule has 0 bridgehead atoms. The Kier molecular flexibility index (Phi) is 4.37. The summed E-state index contributed by atoms with van der Waals surface area (Å²) < 4.78 is 38.4. The lowest BCUT2D eigenvalue weighted by Gasteiger charge is -2.30. The van der Waals surface area contributed by atoms with Crippen molar-refractivity contribution < 1.29 is 17.9 Å². The molecule has 1 aliphatic heterocycles. The molecule has 0 aliphatic carbocycles. The standard InChI is InChI=1S/C15H17NO4S2/c1-2-16(22(17,18)15-8-5-9-21-15)10-12-11-19-13-6-3-4-7-14(13)20-12/h3-9,12H,2,10-11H2,1H3/t12-/m1/s1. The molecular formula is C15H17NO4S2. The number of hydrogen-bond acceptors (Lipinski definition) is 5. The van der Waals surface area contributed by atoms with Crippen LogP contribution in [0, 0.1) is 0 Å². The predicted molar refractivity (Wildman–Crippen MR) is 85.1 cm³/mol. The number of benzene rings is 1. The molecule has 3 rings (SSSR count). The molecule has 0 saturated carbocycles. The molecule has 0 N–H and O–H groups in total. The van der Waals surface area contributed by atoms with Crippen LogP contribution in [0.5, 0.6) is 11.5 Å². The number of ether oxygens (including phenoxy) is 2. The number of thiophene rings is 1. The minimum Gasteiger partial charge on any atom is -0.486 e. The summed E-state index contributed by atoms with van der Waals surface area (Å²) in [6, 6.07) is 10.8. The van der Waals surface area contributed by atoms with Gasteiger partial charge < -0.3 is 9.47 Å². The third-order valence-corrected chi connectivity index (χ3v) is 6.73. The quantitative estimate of drug-likeness (QED) is 0.840. The summed E-state index contributed by atoms with van der Waals surface area (Å²) in [5.41, 5.74) is 0. The van der Waals surface area contributed by atoms with E-state index in [-0.39, 0.29) is 12.6 Å². The lowest BCUT2D eigenvalue weighted by molar-refractivity contribution is 0.0772. The van der Waals surface area contributed by atoms with Crippen molar-refractivity contribution >= 4 is 21.4 Å². The second-order valence-electron chi connectivity index (χ2n) is 4.89. The average Bonchev–Trinajstić information content (AvgIpc) is 3.07. The minimum atomic E-state index is -3.47. The van der Waals surface area contributed by atoms with E-state index < -0.39 is 10.0 Å². The van der Waals surface area contributed by atoms with Gasteiger partial charge in [0.15, 0.2) is 11.5 Å². The van der Waals surface area contributed by atoms with Crippen LogP contribution in [0.2, 0.25) is 0 Å². The zero-order chi connectivity index (χ0) is 15.6.